The molecule has 0 aliphatic rings. The second kappa shape index (κ2) is 8.80. The number of nitrogens with zero attached hydrogens (tertiary/aromatic N) is 1. The normalized spacial score (nSPS) is 11.0. The Labute approximate surface area is 152 Å². The summed E-state index contributed by atoms with van der Waals surface area (Å²) in [6.45, 7) is 4.99. The van der Waals surface area contributed by atoms with Crippen molar-refractivity contribution >= 4 is 23.1 Å². The number of ketones is 1. The fourth-order valence-electron chi connectivity index (χ4n) is 2.36. The first-order chi connectivity index (χ1) is 12.4. The van der Waals surface area contributed by atoms with E-state index in [0.29, 0.717) is 17.0 Å². The van der Waals surface area contributed by atoms with Gasteiger partial charge in [-0.25, -0.2) is 0 Å². The van der Waals surface area contributed by atoms with Crippen molar-refractivity contribution in [2.45, 2.75) is 27.4 Å². The molecule has 6 heteroatoms. The number of Topliss-reactive ketones (excluding diaryl/α,β-unsaturated/α-hetero) is 1. The Bertz CT molecular complexity index is 826. The molecule has 136 valence electrons. The minimum atomic E-state index is -0.117. The molecule has 0 fully saturated rings. The quantitative estimate of drug-likeness (QED) is 0.466. The van der Waals surface area contributed by atoms with Crippen LogP contribution < -0.4 is 10.1 Å². The topological polar surface area (TPSA) is 77.0 Å². The predicted molar refractivity (Wildman–Crippen MR) is 101 cm³/mol. The first-order valence-corrected chi connectivity index (χ1v) is 8.13. The molecule has 0 radical (unpaired) electrons. The maximum absolute atomic E-state index is 11.5. The Morgan fingerprint density at radius 1 is 1.00 bits per heavy atom. The zero-order chi connectivity index (χ0) is 19.1. The maximum atomic E-state index is 11.5. The van der Waals surface area contributed by atoms with Gasteiger partial charge in [-0.15, -0.1) is 0 Å². The van der Waals surface area contributed by atoms with Crippen molar-refractivity contribution in [1.29, 1.82) is 0 Å². The van der Waals surface area contributed by atoms with E-state index in [-0.39, 0.29) is 18.3 Å². The number of oxime groups is 1. The van der Waals surface area contributed by atoms with Crippen LogP contribution in [0.3, 0.4) is 0 Å². The SMILES string of the molecule is COc1ccc(C(C)=O)cc1CO/N=C(\C)c1ccc(NC(C)=O)cc1. The van der Waals surface area contributed by atoms with Crippen molar-refractivity contribution in [3.63, 3.8) is 0 Å². The average molecular weight is 354 g/mol. The summed E-state index contributed by atoms with van der Waals surface area (Å²) in [7, 11) is 1.57. The summed E-state index contributed by atoms with van der Waals surface area (Å²) >= 11 is 0. The van der Waals surface area contributed by atoms with Gasteiger partial charge < -0.3 is 14.9 Å². The third kappa shape index (κ3) is 5.17. The van der Waals surface area contributed by atoms with E-state index in [0.717, 1.165) is 16.8 Å². The van der Waals surface area contributed by atoms with Crippen molar-refractivity contribution in [3.05, 3.63) is 59.2 Å². The average Bonchev–Trinajstić information content (AvgIpc) is 2.61. The zero-order valence-corrected chi connectivity index (χ0v) is 15.3. The lowest BCUT2D eigenvalue weighted by atomic mass is 10.1. The van der Waals surface area contributed by atoms with E-state index >= 15 is 0 Å². The van der Waals surface area contributed by atoms with Crippen LogP contribution in [0.15, 0.2) is 47.6 Å². The molecule has 0 spiro atoms. The Kier molecular flexibility index (Phi) is 6.49. The van der Waals surface area contributed by atoms with E-state index in [9.17, 15) is 9.59 Å². The third-order valence-corrected chi connectivity index (χ3v) is 3.73. The molecule has 0 saturated heterocycles. The van der Waals surface area contributed by atoms with Gasteiger partial charge in [0.1, 0.15) is 12.4 Å². The van der Waals surface area contributed by atoms with Gasteiger partial charge in [0.25, 0.3) is 0 Å². The van der Waals surface area contributed by atoms with Gasteiger partial charge in [-0.2, -0.15) is 0 Å². The number of carbonyl (C=O) groups is 2. The molecule has 6 nitrogen and oxygen atoms in total. The number of methoxy groups -OCH3 is 1. The van der Waals surface area contributed by atoms with E-state index in [1.807, 2.05) is 19.1 Å². The predicted octanol–water partition coefficient (Wildman–Crippen LogP) is 3.80. The summed E-state index contributed by atoms with van der Waals surface area (Å²) in [5.41, 5.74) is 3.64. The number of hydrogen-bond donors (Lipinski definition) is 1. The van der Waals surface area contributed by atoms with Gasteiger partial charge in [0.05, 0.1) is 12.8 Å². The molecular weight excluding hydrogens is 332 g/mol. The van der Waals surface area contributed by atoms with Crippen molar-refractivity contribution in [2.75, 3.05) is 12.4 Å². The molecule has 0 aliphatic heterocycles. The van der Waals surface area contributed by atoms with Crippen molar-refractivity contribution < 1.29 is 19.2 Å². The molecule has 0 heterocycles. The molecule has 2 rings (SSSR count). The van der Waals surface area contributed by atoms with Crippen LogP contribution in [0.25, 0.3) is 0 Å². The highest BCUT2D eigenvalue weighted by atomic mass is 16.6. The number of carbonyl (C=O) groups excluding carboxylic acids is 2. The lowest BCUT2D eigenvalue weighted by Crippen LogP contribution is -2.06. The second-order valence-corrected chi connectivity index (χ2v) is 5.79. The molecule has 0 atom stereocenters. The van der Waals surface area contributed by atoms with E-state index in [1.54, 1.807) is 37.4 Å². The van der Waals surface area contributed by atoms with Crippen molar-refractivity contribution in [1.82, 2.24) is 0 Å². The maximum Gasteiger partial charge on any atom is 0.221 e. The molecule has 26 heavy (non-hydrogen) atoms. The number of nitrogens with one attached hydrogen (secondary N) is 1. The van der Waals surface area contributed by atoms with Gasteiger partial charge in [0.15, 0.2) is 5.78 Å². The largest absolute Gasteiger partial charge is 0.496 e. The minimum absolute atomic E-state index is 0.0205. The van der Waals surface area contributed by atoms with E-state index in [1.165, 1.54) is 13.8 Å². The smallest absolute Gasteiger partial charge is 0.221 e. The summed E-state index contributed by atoms with van der Waals surface area (Å²) in [4.78, 5) is 28.0. The van der Waals surface area contributed by atoms with Crippen LogP contribution >= 0.6 is 0 Å². The summed E-state index contributed by atoms with van der Waals surface area (Å²) < 4.78 is 5.29. The highest BCUT2D eigenvalue weighted by Crippen LogP contribution is 2.21. The number of ether oxygens (including phenoxy) is 1. The third-order valence-electron chi connectivity index (χ3n) is 3.73. The molecule has 2 aromatic carbocycles. The summed E-state index contributed by atoms with van der Waals surface area (Å²) in [5.74, 6) is 0.503. The van der Waals surface area contributed by atoms with Gasteiger partial charge in [0.2, 0.25) is 5.91 Å². The lowest BCUT2D eigenvalue weighted by Gasteiger charge is -2.09. The van der Waals surface area contributed by atoms with E-state index in [4.69, 9.17) is 9.57 Å². The highest BCUT2D eigenvalue weighted by Gasteiger charge is 2.08. The van der Waals surface area contributed by atoms with Gasteiger partial charge in [-0.1, -0.05) is 17.3 Å². The Balaban J connectivity index is 2.06. The summed E-state index contributed by atoms with van der Waals surface area (Å²) in [6, 6.07) is 12.5. The van der Waals surface area contributed by atoms with Crippen LogP contribution in [-0.2, 0) is 16.2 Å². The number of benzene rings is 2. The Morgan fingerprint density at radius 3 is 2.23 bits per heavy atom. The molecule has 1 N–H and O–H groups in total. The number of rotatable bonds is 7. The zero-order valence-electron chi connectivity index (χ0n) is 15.3. The summed E-state index contributed by atoms with van der Waals surface area (Å²) in [5, 5.41) is 6.83. The lowest BCUT2D eigenvalue weighted by molar-refractivity contribution is -0.114. The second-order valence-electron chi connectivity index (χ2n) is 5.79. The molecular formula is C20H22N2O4. The fourth-order valence-corrected chi connectivity index (χ4v) is 2.36. The first-order valence-electron chi connectivity index (χ1n) is 8.13. The van der Waals surface area contributed by atoms with Crippen LogP contribution in [-0.4, -0.2) is 24.5 Å². The number of hydrogen-bond acceptors (Lipinski definition) is 5. The first kappa shape index (κ1) is 19.2. The van der Waals surface area contributed by atoms with Crippen LogP contribution in [0.2, 0.25) is 0 Å². The van der Waals surface area contributed by atoms with Crippen molar-refractivity contribution in [2.24, 2.45) is 5.16 Å². The molecule has 0 aliphatic carbocycles. The Hall–Kier alpha value is -3.15. The van der Waals surface area contributed by atoms with Crippen LogP contribution in [0.4, 0.5) is 5.69 Å². The monoisotopic (exact) mass is 354 g/mol. The highest BCUT2D eigenvalue weighted by molar-refractivity contribution is 5.99. The molecule has 0 saturated carbocycles. The Morgan fingerprint density at radius 2 is 1.65 bits per heavy atom. The van der Waals surface area contributed by atoms with E-state index < -0.39 is 0 Å². The van der Waals surface area contributed by atoms with Gasteiger partial charge in [0, 0.05) is 23.7 Å². The molecule has 1 amide bonds. The number of anilines is 1. The standard InChI is InChI=1S/C20H22N2O4/c1-13(16-5-8-19(9-6-16)21-15(3)24)22-26-12-18-11-17(14(2)23)7-10-20(18)25-4/h5-11H,12H2,1-4H3,(H,21,24)/b22-13+. The summed E-state index contributed by atoms with van der Waals surface area (Å²) in [6.07, 6.45) is 0. The van der Waals surface area contributed by atoms with Crippen molar-refractivity contribution in [3.8, 4) is 5.75 Å². The van der Waals surface area contributed by atoms with Gasteiger partial charge in [-0.05, 0) is 49.7 Å². The fraction of sp³-hybridized carbons (Fsp3) is 0.250. The molecule has 2 aromatic rings. The molecule has 0 unspecified atom stereocenters. The van der Waals surface area contributed by atoms with Crippen LogP contribution in [0, 0.1) is 0 Å². The molecule has 0 bridgehead atoms. The van der Waals surface area contributed by atoms with E-state index in [2.05, 4.69) is 10.5 Å². The van der Waals surface area contributed by atoms with Gasteiger partial charge in [-0.3, -0.25) is 9.59 Å². The number of amides is 1. The minimum Gasteiger partial charge on any atom is -0.496 e. The van der Waals surface area contributed by atoms with Gasteiger partial charge >= 0.3 is 0 Å². The van der Waals surface area contributed by atoms with Crippen LogP contribution in [0.1, 0.15) is 42.3 Å². The van der Waals surface area contributed by atoms with Crippen LogP contribution in [0.5, 0.6) is 5.75 Å². The molecule has 0 aromatic heterocycles.